The molecule has 0 atom stereocenters. The zero-order chi connectivity index (χ0) is 13.8. The molecule has 1 heterocycles. The van der Waals surface area contributed by atoms with Gasteiger partial charge in [0, 0.05) is 16.7 Å². The van der Waals surface area contributed by atoms with Gasteiger partial charge in [0.05, 0.1) is 23.4 Å². The lowest BCUT2D eigenvalue weighted by Gasteiger charge is -2.15. The molecule has 2 rings (SSSR count). The highest BCUT2D eigenvalue weighted by molar-refractivity contribution is 8.04. The van der Waals surface area contributed by atoms with Crippen molar-refractivity contribution in [3.63, 3.8) is 0 Å². The number of Topliss-reactive ketones (excluding diaryl/α,β-unsaturated/α-hetero) is 1. The maximum atomic E-state index is 12.1. The predicted molar refractivity (Wildman–Crippen MR) is 73.6 cm³/mol. The van der Waals surface area contributed by atoms with Crippen molar-refractivity contribution in [3.05, 3.63) is 46.0 Å². The Labute approximate surface area is 119 Å². The van der Waals surface area contributed by atoms with Crippen LogP contribution in [0.25, 0.3) is 0 Å². The Morgan fingerprint density at radius 2 is 2.16 bits per heavy atom. The zero-order valence-corrected chi connectivity index (χ0v) is 11.4. The van der Waals surface area contributed by atoms with E-state index in [2.05, 4.69) is 0 Å². The molecular weight excluding hydrogens is 284 g/mol. The van der Waals surface area contributed by atoms with Crippen molar-refractivity contribution in [2.75, 3.05) is 12.3 Å². The lowest BCUT2D eigenvalue weighted by atomic mass is 10.1. The number of hydrogen-bond donors (Lipinski definition) is 0. The molecular formula is C13H9ClN2O2S. The number of thioether (sulfide) groups is 1. The van der Waals surface area contributed by atoms with Gasteiger partial charge in [-0.15, -0.1) is 0 Å². The highest BCUT2D eigenvalue weighted by atomic mass is 35.5. The van der Waals surface area contributed by atoms with Crippen LogP contribution >= 0.6 is 23.4 Å². The van der Waals surface area contributed by atoms with Crippen LogP contribution in [-0.4, -0.2) is 28.9 Å². The van der Waals surface area contributed by atoms with Crippen LogP contribution in [0.2, 0.25) is 5.02 Å². The van der Waals surface area contributed by atoms with Gasteiger partial charge >= 0.3 is 0 Å². The second-order valence-corrected chi connectivity index (χ2v) is 5.24. The molecule has 1 aromatic carbocycles. The molecule has 0 spiro atoms. The first kappa shape index (κ1) is 13.7. The maximum Gasteiger partial charge on any atom is 0.238 e. The molecule has 1 amide bonds. The minimum absolute atomic E-state index is 0.0546. The number of benzene rings is 1. The molecule has 1 fully saturated rings. The summed E-state index contributed by atoms with van der Waals surface area (Å²) in [5.41, 5.74) is 0.491. The topological polar surface area (TPSA) is 61.2 Å². The largest absolute Gasteiger partial charge is 0.298 e. The summed E-state index contributed by atoms with van der Waals surface area (Å²) < 4.78 is 0. The molecule has 96 valence electrons. The van der Waals surface area contributed by atoms with Crippen molar-refractivity contribution in [2.24, 2.45) is 0 Å². The third-order valence-electron chi connectivity index (χ3n) is 2.57. The summed E-state index contributed by atoms with van der Waals surface area (Å²) in [5, 5.41) is 9.71. The van der Waals surface area contributed by atoms with E-state index in [1.165, 1.54) is 22.7 Å². The van der Waals surface area contributed by atoms with E-state index in [0.29, 0.717) is 15.6 Å². The van der Waals surface area contributed by atoms with E-state index < -0.39 is 0 Å². The number of allylic oxidation sites excluding steroid dienone is 1. The quantitative estimate of drug-likeness (QED) is 0.634. The molecule has 0 aromatic heterocycles. The van der Waals surface area contributed by atoms with Crippen LogP contribution in [0.5, 0.6) is 0 Å². The van der Waals surface area contributed by atoms with Crippen LogP contribution < -0.4 is 0 Å². The van der Waals surface area contributed by atoms with E-state index in [4.69, 9.17) is 16.9 Å². The second-order valence-electron chi connectivity index (χ2n) is 3.81. The fraction of sp³-hybridized carbons (Fsp3) is 0.154. The Morgan fingerprint density at radius 1 is 1.47 bits per heavy atom. The SMILES string of the molecule is N#C/C=C1/SCC(=O)N1CC(=O)c1ccc(Cl)cc1. The molecule has 1 aromatic rings. The molecule has 6 heteroatoms. The van der Waals surface area contributed by atoms with Crippen molar-refractivity contribution in [3.8, 4) is 6.07 Å². The van der Waals surface area contributed by atoms with Crippen molar-refractivity contribution in [1.82, 2.24) is 4.90 Å². The Balaban J connectivity index is 2.14. The lowest BCUT2D eigenvalue weighted by Crippen LogP contribution is -2.30. The third kappa shape index (κ3) is 3.16. The minimum atomic E-state index is -0.184. The number of carbonyl (C=O) groups excluding carboxylic acids is 2. The van der Waals surface area contributed by atoms with Crippen LogP contribution in [0.3, 0.4) is 0 Å². The van der Waals surface area contributed by atoms with Gasteiger partial charge in [-0.3, -0.25) is 14.5 Å². The van der Waals surface area contributed by atoms with Crippen LogP contribution in [0.4, 0.5) is 0 Å². The number of rotatable bonds is 3. The van der Waals surface area contributed by atoms with Crippen molar-refractivity contribution < 1.29 is 9.59 Å². The third-order valence-corrected chi connectivity index (χ3v) is 3.84. The van der Waals surface area contributed by atoms with Gasteiger partial charge in [-0.1, -0.05) is 23.4 Å². The highest BCUT2D eigenvalue weighted by Gasteiger charge is 2.28. The van der Waals surface area contributed by atoms with Gasteiger partial charge in [0.15, 0.2) is 5.78 Å². The monoisotopic (exact) mass is 292 g/mol. The summed E-state index contributed by atoms with van der Waals surface area (Å²) in [7, 11) is 0. The Kier molecular flexibility index (Phi) is 4.25. The van der Waals surface area contributed by atoms with Crippen LogP contribution in [0, 0.1) is 11.3 Å². The summed E-state index contributed by atoms with van der Waals surface area (Å²) in [6.07, 6.45) is 1.28. The van der Waals surface area contributed by atoms with Gasteiger partial charge < -0.3 is 0 Å². The first-order chi connectivity index (χ1) is 9.11. The van der Waals surface area contributed by atoms with E-state index in [-0.39, 0.29) is 24.0 Å². The molecule has 4 nitrogen and oxygen atoms in total. The molecule has 0 unspecified atom stereocenters. The van der Waals surface area contributed by atoms with E-state index in [9.17, 15) is 9.59 Å². The number of halogens is 1. The minimum Gasteiger partial charge on any atom is -0.298 e. The van der Waals surface area contributed by atoms with Crippen molar-refractivity contribution >= 4 is 35.1 Å². The van der Waals surface area contributed by atoms with Gasteiger partial charge in [0.2, 0.25) is 5.91 Å². The van der Waals surface area contributed by atoms with Gasteiger partial charge in [-0.05, 0) is 24.3 Å². The number of amides is 1. The number of nitrogens with zero attached hydrogens (tertiary/aromatic N) is 2. The van der Waals surface area contributed by atoms with E-state index >= 15 is 0 Å². The van der Waals surface area contributed by atoms with E-state index in [0.717, 1.165) is 0 Å². The fourth-order valence-corrected chi connectivity index (χ4v) is 2.64. The van der Waals surface area contributed by atoms with Gasteiger partial charge in [0.25, 0.3) is 0 Å². The maximum absolute atomic E-state index is 12.1. The number of ketones is 1. The summed E-state index contributed by atoms with van der Waals surface area (Å²) in [5.74, 6) is -0.0771. The standard InChI is InChI=1S/C13H9ClN2O2S/c14-10-3-1-9(2-4-10)11(17)7-16-12(18)8-19-13(16)5-6-15/h1-5H,7-8H2/b13-5+. The summed E-state index contributed by atoms with van der Waals surface area (Å²) in [6.45, 7) is -0.0546. The molecule has 1 aliphatic rings. The smallest absolute Gasteiger partial charge is 0.238 e. The molecule has 19 heavy (non-hydrogen) atoms. The Bertz CT molecular complexity index is 590. The molecule has 0 saturated carbocycles. The lowest BCUT2D eigenvalue weighted by molar-refractivity contribution is -0.125. The fourth-order valence-electron chi connectivity index (χ4n) is 1.63. The average Bonchev–Trinajstić information content (AvgIpc) is 2.73. The summed E-state index contributed by atoms with van der Waals surface area (Å²) in [4.78, 5) is 25.1. The van der Waals surface area contributed by atoms with Gasteiger partial charge in [-0.2, -0.15) is 5.26 Å². The number of carbonyl (C=O) groups is 2. The normalized spacial score (nSPS) is 16.7. The first-order valence-electron chi connectivity index (χ1n) is 5.43. The van der Waals surface area contributed by atoms with Crippen LogP contribution in [0.15, 0.2) is 35.4 Å². The zero-order valence-electron chi connectivity index (χ0n) is 9.80. The molecule has 0 radical (unpaired) electrons. The van der Waals surface area contributed by atoms with Crippen molar-refractivity contribution in [1.29, 1.82) is 5.26 Å². The van der Waals surface area contributed by atoms with Gasteiger partial charge in [0.1, 0.15) is 0 Å². The predicted octanol–water partition coefficient (Wildman–Crippen LogP) is 2.46. The Morgan fingerprint density at radius 3 is 2.79 bits per heavy atom. The first-order valence-corrected chi connectivity index (χ1v) is 6.80. The van der Waals surface area contributed by atoms with Crippen LogP contribution in [0.1, 0.15) is 10.4 Å². The number of nitriles is 1. The summed E-state index contributed by atoms with van der Waals surface area (Å²) in [6, 6.07) is 8.36. The number of hydrogen-bond acceptors (Lipinski definition) is 4. The second kappa shape index (κ2) is 5.91. The molecule has 0 N–H and O–H groups in total. The molecule has 0 aliphatic carbocycles. The van der Waals surface area contributed by atoms with Crippen LogP contribution in [-0.2, 0) is 4.79 Å². The molecule has 0 bridgehead atoms. The van der Waals surface area contributed by atoms with E-state index in [1.807, 2.05) is 6.07 Å². The summed E-state index contributed by atoms with van der Waals surface area (Å²) >= 11 is 7.01. The van der Waals surface area contributed by atoms with E-state index in [1.54, 1.807) is 24.3 Å². The average molecular weight is 293 g/mol. The molecule has 1 aliphatic heterocycles. The molecule has 1 saturated heterocycles. The highest BCUT2D eigenvalue weighted by Crippen LogP contribution is 2.28. The Hall–Kier alpha value is -1.77. The van der Waals surface area contributed by atoms with Crippen molar-refractivity contribution in [2.45, 2.75) is 0 Å². The van der Waals surface area contributed by atoms with Gasteiger partial charge in [-0.25, -0.2) is 0 Å².